The first-order valence-corrected chi connectivity index (χ1v) is 10.6. The number of hydrogen-bond donors (Lipinski definition) is 1. The lowest BCUT2D eigenvalue weighted by atomic mass is 9.96. The second kappa shape index (κ2) is 8.37. The van der Waals surface area contributed by atoms with Gasteiger partial charge in [-0.25, -0.2) is 4.98 Å². The van der Waals surface area contributed by atoms with Gasteiger partial charge in [-0.15, -0.1) is 0 Å². The number of fused-ring (bicyclic) bond motifs is 1. The SMILES string of the molecule is CCn1c(CN2CCC[C@H](C(=O)Nc3c(C)cccc3C)C2)nc2ccccc21. The molecule has 0 spiro atoms. The number of nitrogens with zero attached hydrogens (tertiary/aromatic N) is 3. The fourth-order valence-corrected chi connectivity index (χ4v) is 4.45. The molecule has 5 heteroatoms. The molecule has 1 amide bonds. The van der Waals surface area contributed by atoms with Gasteiger partial charge in [-0.05, 0) is 63.4 Å². The van der Waals surface area contributed by atoms with Gasteiger partial charge in [0.2, 0.25) is 5.91 Å². The number of anilines is 1. The zero-order valence-electron chi connectivity index (χ0n) is 17.6. The Labute approximate surface area is 172 Å². The first kappa shape index (κ1) is 19.6. The summed E-state index contributed by atoms with van der Waals surface area (Å²) in [6.07, 6.45) is 1.98. The van der Waals surface area contributed by atoms with Crippen LogP contribution in [0, 0.1) is 19.8 Å². The van der Waals surface area contributed by atoms with Crippen LogP contribution in [0.2, 0.25) is 0 Å². The van der Waals surface area contributed by atoms with Gasteiger partial charge < -0.3 is 9.88 Å². The molecule has 0 unspecified atom stereocenters. The Morgan fingerprint density at radius 2 is 1.90 bits per heavy atom. The maximum absolute atomic E-state index is 13.0. The summed E-state index contributed by atoms with van der Waals surface area (Å²) in [4.78, 5) is 20.2. The van der Waals surface area contributed by atoms with Crippen LogP contribution in [0.3, 0.4) is 0 Å². The Balaban J connectivity index is 1.47. The average molecular weight is 391 g/mol. The molecule has 4 rings (SSSR count). The minimum atomic E-state index is 0.0159. The summed E-state index contributed by atoms with van der Waals surface area (Å²) in [5.41, 5.74) is 5.42. The molecule has 1 fully saturated rings. The molecule has 0 saturated carbocycles. The van der Waals surface area contributed by atoms with Crippen molar-refractivity contribution in [3.8, 4) is 0 Å². The molecule has 1 aromatic heterocycles. The van der Waals surface area contributed by atoms with Crippen molar-refractivity contribution < 1.29 is 4.79 Å². The molecule has 0 radical (unpaired) electrons. The van der Waals surface area contributed by atoms with E-state index in [1.807, 2.05) is 38.1 Å². The van der Waals surface area contributed by atoms with E-state index in [2.05, 4.69) is 39.9 Å². The highest BCUT2D eigenvalue weighted by molar-refractivity contribution is 5.94. The van der Waals surface area contributed by atoms with Crippen molar-refractivity contribution in [1.82, 2.24) is 14.5 Å². The number of para-hydroxylation sites is 3. The van der Waals surface area contributed by atoms with Crippen LogP contribution < -0.4 is 5.32 Å². The van der Waals surface area contributed by atoms with Gasteiger partial charge in [0.25, 0.3) is 0 Å². The minimum absolute atomic E-state index is 0.0159. The summed E-state index contributed by atoms with van der Waals surface area (Å²) in [6, 6.07) is 14.4. The number of rotatable bonds is 5. The van der Waals surface area contributed by atoms with Gasteiger partial charge in [0.1, 0.15) is 5.82 Å². The molecule has 0 aliphatic carbocycles. The quantitative estimate of drug-likeness (QED) is 0.697. The molecule has 29 heavy (non-hydrogen) atoms. The number of benzene rings is 2. The van der Waals surface area contributed by atoms with Gasteiger partial charge in [0, 0.05) is 18.8 Å². The monoisotopic (exact) mass is 390 g/mol. The van der Waals surface area contributed by atoms with E-state index in [4.69, 9.17) is 4.98 Å². The van der Waals surface area contributed by atoms with E-state index in [-0.39, 0.29) is 11.8 Å². The van der Waals surface area contributed by atoms with Crippen molar-refractivity contribution in [2.75, 3.05) is 18.4 Å². The predicted octanol–water partition coefficient (Wildman–Crippen LogP) is 4.52. The highest BCUT2D eigenvalue weighted by atomic mass is 16.1. The molecular formula is C24H30N4O. The van der Waals surface area contributed by atoms with Crippen molar-refractivity contribution >= 4 is 22.6 Å². The molecule has 1 aliphatic rings. The van der Waals surface area contributed by atoms with E-state index in [1.165, 1.54) is 5.52 Å². The smallest absolute Gasteiger partial charge is 0.228 e. The third-order valence-corrected chi connectivity index (χ3v) is 6.02. The Morgan fingerprint density at radius 1 is 1.14 bits per heavy atom. The van der Waals surface area contributed by atoms with Gasteiger partial charge in [-0.1, -0.05) is 30.3 Å². The number of imidazole rings is 1. The largest absolute Gasteiger partial charge is 0.327 e. The number of likely N-dealkylation sites (tertiary alicyclic amines) is 1. The Bertz CT molecular complexity index is 1000. The van der Waals surface area contributed by atoms with Crippen molar-refractivity contribution in [2.24, 2.45) is 5.92 Å². The summed E-state index contributed by atoms with van der Waals surface area (Å²) >= 11 is 0. The number of aryl methyl sites for hydroxylation is 3. The molecule has 2 aromatic carbocycles. The van der Waals surface area contributed by atoms with E-state index in [1.54, 1.807) is 0 Å². The van der Waals surface area contributed by atoms with Crippen LogP contribution in [0.1, 0.15) is 36.7 Å². The molecule has 1 saturated heterocycles. The van der Waals surface area contributed by atoms with Gasteiger partial charge in [0.05, 0.1) is 23.5 Å². The molecular weight excluding hydrogens is 360 g/mol. The predicted molar refractivity (Wildman–Crippen MR) is 118 cm³/mol. The van der Waals surface area contributed by atoms with E-state index in [0.717, 1.165) is 67.2 Å². The second-order valence-corrected chi connectivity index (χ2v) is 8.09. The number of nitrogens with one attached hydrogen (secondary N) is 1. The first-order chi connectivity index (χ1) is 14.1. The van der Waals surface area contributed by atoms with Crippen LogP contribution in [0.15, 0.2) is 42.5 Å². The summed E-state index contributed by atoms with van der Waals surface area (Å²) in [5, 5.41) is 3.19. The number of amides is 1. The van der Waals surface area contributed by atoms with Crippen molar-refractivity contribution in [3.63, 3.8) is 0 Å². The lowest BCUT2D eigenvalue weighted by molar-refractivity contribution is -0.121. The molecule has 5 nitrogen and oxygen atoms in total. The number of carbonyl (C=O) groups is 1. The van der Waals surface area contributed by atoms with Crippen LogP contribution in [0.5, 0.6) is 0 Å². The van der Waals surface area contributed by atoms with E-state index in [0.29, 0.717) is 0 Å². The molecule has 2 heterocycles. The molecule has 3 aromatic rings. The van der Waals surface area contributed by atoms with Crippen LogP contribution in [0.25, 0.3) is 11.0 Å². The average Bonchev–Trinajstić information content (AvgIpc) is 3.07. The number of aromatic nitrogens is 2. The van der Waals surface area contributed by atoms with Crippen LogP contribution in [0.4, 0.5) is 5.69 Å². The van der Waals surface area contributed by atoms with Gasteiger partial charge in [0.15, 0.2) is 0 Å². The van der Waals surface area contributed by atoms with E-state index < -0.39 is 0 Å². The summed E-state index contributed by atoms with van der Waals surface area (Å²) in [6.45, 7) is 9.74. The number of hydrogen-bond acceptors (Lipinski definition) is 3. The van der Waals surface area contributed by atoms with Crippen molar-refractivity contribution in [1.29, 1.82) is 0 Å². The van der Waals surface area contributed by atoms with Gasteiger partial charge >= 0.3 is 0 Å². The van der Waals surface area contributed by atoms with Crippen LogP contribution >= 0.6 is 0 Å². The normalized spacial score (nSPS) is 17.6. The van der Waals surface area contributed by atoms with E-state index >= 15 is 0 Å². The summed E-state index contributed by atoms with van der Waals surface area (Å²) in [7, 11) is 0. The number of piperidine rings is 1. The highest BCUT2D eigenvalue weighted by Gasteiger charge is 2.27. The summed E-state index contributed by atoms with van der Waals surface area (Å²) < 4.78 is 2.29. The third kappa shape index (κ3) is 4.06. The topological polar surface area (TPSA) is 50.2 Å². The molecule has 1 atom stereocenters. The van der Waals surface area contributed by atoms with Crippen LogP contribution in [-0.2, 0) is 17.9 Å². The lowest BCUT2D eigenvalue weighted by Crippen LogP contribution is -2.40. The van der Waals surface area contributed by atoms with E-state index in [9.17, 15) is 4.79 Å². The van der Waals surface area contributed by atoms with Crippen molar-refractivity contribution in [3.05, 3.63) is 59.4 Å². The highest BCUT2D eigenvalue weighted by Crippen LogP contribution is 2.25. The lowest BCUT2D eigenvalue weighted by Gasteiger charge is -2.32. The Morgan fingerprint density at radius 3 is 2.66 bits per heavy atom. The third-order valence-electron chi connectivity index (χ3n) is 6.02. The minimum Gasteiger partial charge on any atom is -0.327 e. The second-order valence-electron chi connectivity index (χ2n) is 8.09. The molecule has 1 aliphatic heterocycles. The summed E-state index contributed by atoms with van der Waals surface area (Å²) in [5.74, 6) is 1.24. The van der Waals surface area contributed by atoms with Crippen molar-refractivity contribution in [2.45, 2.75) is 46.7 Å². The van der Waals surface area contributed by atoms with Gasteiger partial charge in [-0.3, -0.25) is 9.69 Å². The maximum atomic E-state index is 13.0. The molecule has 0 bridgehead atoms. The Hall–Kier alpha value is -2.66. The fourth-order valence-electron chi connectivity index (χ4n) is 4.45. The maximum Gasteiger partial charge on any atom is 0.228 e. The zero-order chi connectivity index (χ0) is 20.4. The van der Waals surface area contributed by atoms with Gasteiger partial charge in [-0.2, -0.15) is 0 Å². The standard InChI is InChI=1S/C24H30N4O/c1-4-28-21-13-6-5-12-20(21)25-22(28)16-27-14-8-11-19(15-27)24(29)26-23-17(2)9-7-10-18(23)3/h5-7,9-10,12-13,19H,4,8,11,14-16H2,1-3H3,(H,26,29)/t19-/m0/s1. The van der Waals surface area contributed by atoms with Crippen LogP contribution in [-0.4, -0.2) is 33.4 Å². The molecule has 1 N–H and O–H groups in total. The fraction of sp³-hybridized carbons (Fsp3) is 0.417. The molecule has 152 valence electrons. The first-order valence-electron chi connectivity index (χ1n) is 10.6. The number of carbonyl (C=O) groups excluding carboxylic acids is 1. The Kier molecular flexibility index (Phi) is 5.67. The zero-order valence-corrected chi connectivity index (χ0v) is 17.6.